The molecule has 4 heteroatoms. The van der Waals surface area contributed by atoms with E-state index < -0.39 is 6.10 Å². The number of benzene rings is 1. The molecule has 1 amide bonds. The molecular formula is C19H23NO3. The molecular weight excluding hydrogens is 290 g/mol. The van der Waals surface area contributed by atoms with Crippen molar-refractivity contribution in [2.45, 2.75) is 32.9 Å². The van der Waals surface area contributed by atoms with Crippen LogP contribution < -0.4 is 0 Å². The van der Waals surface area contributed by atoms with Crippen molar-refractivity contribution in [1.82, 2.24) is 4.90 Å². The summed E-state index contributed by atoms with van der Waals surface area (Å²) in [5.74, 6) is 0.658. The van der Waals surface area contributed by atoms with E-state index in [0.717, 1.165) is 12.0 Å². The Hall–Kier alpha value is -2.07. The third-order valence-electron chi connectivity index (χ3n) is 4.60. The van der Waals surface area contributed by atoms with Gasteiger partial charge in [0.25, 0.3) is 0 Å². The average Bonchev–Trinajstić information content (AvgIpc) is 2.93. The van der Waals surface area contributed by atoms with Crippen LogP contribution in [0.15, 0.2) is 53.1 Å². The molecule has 122 valence electrons. The first kappa shape index (κ1) is 15.8. The highest BCUT2D eigenvalue weighted by Gasteiger charge is 2.52. The molecule has 2 aromatic rings. The van der Waals surface area contributed by atoms with Crippen LogP contribution in [0.4, 0.5) is 0 Å². The number of hydrogen-bond donors (Lipinski definition) is 1. The quantitative estimate of drug-likeness (QED) is 0.889. The van der Waals surface area contributed by atoms with Crippen LogP contribution in [0.5, 0.6) is 0 Å². The zero-order valence-electron chi connectivity index (χ0n) is 13.6. The maximum absolute atomic E-state index is 12.8. The Bertz CT molecular complexity index is 649. The number of amides is 1. The van der Waals surface area contributed by atoms with Crippen molar-refractivity contribution in [3.63, 3.8) is 0 Å². The number of carbonyl (C=O) groups excluding carboxylic acids is 1. The summed E-state index contributed by atoms with van der Waals surface area (Å²) in [5.41, 5.74) is 1.13. The van der Waals surface area contributed by atoms with E-state index in [2.05, 4.69) is 13.8 Å². The fraction of sp³-hybridized carbons (Fsp3) is 0.421. The monoisotopic (exact) mass is 313 g/mol. The van der Waals surface area contributed by atoms with Crippen LogP contribution in [0.1, 0.15) is 37.7 Å². The lowest BCUT2D eigenvalue weighted by atomic mass is 10.1. The van der Waals surface area contributed by atoms with Crippen molar-refractivity contribution in [2.24, 2.45) is 11.3 Å². The number of rotatable bonds is 6. The molecule has 1 aromatic heterocycles. The van der Waals surface area contributed by atoms with Crippen molar-refractivity contribution in [3.8, 4) is 0 Å². The molecule has 0 saturated heterocycles. The molecule has 0 spiro atoms. The van der Waals surface area contributed by atoms with E-state index in [4.69, 9.17) is 4.42 Å². The maximum Gasteiger partial charge on any atom is 0.226 e. The standard InChI is InChI=1S/C19H23NO3/c1-19(2)11-15(19)18(22)20(12-14-7-4-3-5-8-14)13-16(21)17-9-6-10-23-17/h3-10,15-16,21H,11-13H2,1-2H3. The van der Waals surface area contributed by atoms with Crippen molar-refractivity contribution in [3.05, 3.63) is 60.1 Å². The molecule has 1 fully saturated rings. The lowest BCUT2D eigenvalue weighted by Gasteiger charge is -2.25. The third kappa shape index (κ3) is 3.64. The van der Waals surface area contributed by atoms with E-state index in [0.29, 0.717) is 12.3 Å². The molecule has 1 aliphatic rings. The minimum Gasteiger partial charge on any atom is -0.467 e. The maximum atomic E-state index is 12.8. The first-order valence-electron chi connectivity index (χ1n) is 8.01. The van der Waals surface area contributed by atoms with Gasteiger partial charge in [0, 0.05) is 12.5 Å². The molecule has 3 rings (SSSR count). The summed E-state index contributed by atoms with van der Waals surface area (Å²) < 4.78 is 5.26. The Labute approximate surface area is 136 Å². The number of aliphatic hydroxyl groups excluding tert-OH is 1. The summed E-state index contributed by atoms with van der Waals surface area (Å²) in [6.07, 6.45) is 1.64. The molecule has 2 atom stereocenters. The fourth-order valence-corrected chi connectivity index (χ4v) is 2.92. The lowest BCUT2D eigenvalue weighted by molar-refractivity contribution is -0.135. The van der Waals surface area contributed by atoms with Gasteiger partial charge in [-0.15, -0.1) is 0 Å². The summed E-state index contributed by atoms with van der Waals surface area (Å²) in [7, 11) is 0. The summed E-state index contributed by atoms with van der Waals surface area (Å²) in [6, 6.07) is 13.3. The fourth-order valence-electron chi connectivity index (χ4n) is 2.92. The Balaban J connectivity index is 1.74. The van der Waals surface area contributed by atoms with Gasteiger partial charge in [0.1, 0.15) is 11.9 Å². The SMILES string of the molecule is CC1(C)CC1C(=O)N(Cc1ccccc1)CC(O)c1ccco1. The van der Waals surface area contributed by atoms with E-state index in [9.17, 15) is 9.90 Å². The number of nitrogens with zero attached hydrogens (tertiary/aromatic N) is 1. The van der Waals surface area contributed by atoms with Gasteiger partial charge < -0.3 is 14.4 Å². The molecule has 0 radical (unpaired) electrons. The van der Waals surface area contributed by atoms with Crippen molar-refractivity contribution in [2.75, 3.05) is 6.54 Å². The lowest BCUT2D eigenvalue weighted by Crippen LogP contribution is -2.36. The zero-order chi connectivity index (χ0) is 16.4. The average molecular weight is 313 g/mol. The van der Waals surface area contributed by atoms with Gasteiger partial charge in [-0.25, -0.2) is 0 Å². The molecule has 1 N–H and O–H groups in total. The number of aliphatic hydroxyl groups is 1. The van der Waals surface area contributed by atoms with Gasteiger partial charge in [0.05, 0.1) is 12.8 Å². The van der Waals surface area contributed by atoms with Gasteiger partial charge >= 0.3 is 0 Å². The highest BCUT2D eigenvalue weighted by molar-refractivity contribution is 5.82. The molecule has 0 bridgehead atoms. The van der Waals surface area contributed by atoms with Crippen LogP contribution in [-0.4, -0.2) is 22.5 Å². The van der Waals surface area contributed by atoms with Crippen LogP contribution in [0.25, 0.3) is 0 Å². The van der Waals surface area contributed by atoms with E-state index in [1.807, 2.05) is 30.3 Å². The Morgan fingerprint density at radius 1 is 1.30 bits per heavy atom. The Morgan fingerprint density at radius 3 is 2.57 bits per heavy atom. The Morgan fingerprint density at radius 2 is 2.00 bits per heavy atom. The van der Waals surface area contributed by atoms with E-state index >= 15 is 0 Å². The first-order valence-corrected chi connectivity index (χ1v) is 8.01. The van der Waals surface area contributed by atoms with Gasteiger partial charge in [-0.05, 0) is 29.5 Å². The summed E-state index contributed by atoms with van der Waals surface area (Å²) >= 11 is 0. The predicted octanol–water partition coefficient (Wildman–Crippen LogP) is 3.39. The van der Waals surface area contributed by atoms with Crippen LogP contribution >= 0.6 is 0 Å². The highest BCUT2D eigenvalue weighted by atomic mass is 16.4. The minimum atomic E-state index is -0.806. The zero-order valence-corrected chi connectivity index (χ0v) is 13.6. The smallest absolute Gasteiger partial charge is 0.226 e. The van der Waals surface area contributed by atoms with E-state index in [-0.39, 0.29) is 23.8 Å². The third-order valence-corrected chi connectivity index (χ3v) is 4.60. The molecule has 4 nitrogen and oxygen atoms in total. The second-order valence-electron chi connectivity index (χ2n) is 6.98. The minimum absolute atomic E-state index is 0.0509. The number of carbonyl (C=O) groups is 1. The second kappa shape index (κ2) is 6.20. The van der Waals surface area contributed by atoms with Crippen LogP contribution in [0, 0.1) is 11.3 Å². The molecule has 1 aromatic carbocycles. The second-order valence-corrected chi connectivity index (χ2v) is 6.98. The molecule has 1 heterocycles. The molecule has 23 heavy (non-hydrogen) atoms. The highest BCUT2D eigenvalue weighted by Crippen LogP contribution is 2.52. The topological polar surface area (TPSA) is 53.7 Å². The molecule has 1 aliphatic carbocycles. The van der Waals surface area contributed by atoms with Gasteiger partial charge in [-0.3, -0.25) is 4.79 Å². The van der Waals surface area contributed by atoms with Crippen LogP contribution in [-0.2, 0) is 11.3 Å². The molecule has 1 saturated carbocycles. The van der Waals surface area contributed by atoms with Crippen LogP contribution in [0.3, 0.4) is 0 Å². The summed E-state index contributed by atoms with van der Waals surface area (Å²) in [4.78, 5) is 14.6. The van der Waals surface area contributed by atoms with E-state index in [1.54, 1.807) is 17.0 Å². The van der Waals surface area contributed by atoms with Crippen molar-refractivity contribution >= 4 is 5.91 Å². The molecule has 2 unspecified atom stereocenters. The van der Waals surface area contributed by atoms with E-state index in [1.165, 1.54) is 6.26 Å². The van der Waals surface area contributed by atoms with Crippen molar-refractivity contribution < 1.29 is 14.3 Å². The summed E-state index contributed by atoms with van der Waals surface area (Å²) in [6.45, 7) is 4.97. The Kier molecular flexibility index (Phi) is 4.26. The number of hydrogen-bond acceptors (Lipinski definition) is 3. The largest absolute Gasteiger partial charge is 0.467 e. The van der Waals surface area contributed by atoms with Gasteiger partial charge in [-0.2, -0.15) is 0 Å². The first-order chi connectivity index (χ1) is 11.0. The molecule has 0 aliphatic heterocycles. The normalized spacial score (nSPS) is 20.0. The number of furan rings is 1. The van der Waals surface area contributed by atoms with Gasteiger partial charge in [-0.1, -0.05) is 44.2 Å². The van der Waals surface area contributed by atoms with Gasteiger partial charge in [0.2, 0.25) is 5.91 Å². The summed E-state index contributed by atoms with van der Waals surface area (Å²) in [5, 5.41) is 10.4. The van der Waals surface area contributed by atoms with Gasteiger partial charge in [0.15, 0.2) is 0 Å². The van der Waals surface area contributed by atoms with Crippen molar-refractivity contribution in [1.29, 1.82) is 0 Å². The van der Waals surface area contributed by atoms with Crippen LogP contribution in [0.2, 0.25) is 0 Å². The predicted molar refractivity (Wildman–Crippen MR) is 87.4 cm³/mol.